The van der Waals surface area contributed by atoms with Gasteiger partial charge < -0.3 is 10.1 Å². The molecule has 4 aliphatic carbocycles. The van der Waals surface area contributed by atoms with Gasteiger partial charge in [0, 0.05) is 11.0 Å². The second kappa shape index (κ2) is 6.75. The summed E-state index contributed by atoms with van der Waals surface area (Å²) in [6, 6.07) is 9.12. The zero-order valence-corrected chi connectivity index (χ0v) is 14.9. The highest BCUT2D eigenvalue weighted by molar-refractivity contribution is 5.86. The van der Waals surface area contributed by atoms with Crippen LogP contribution in [0.5, 0.6) is 0 Å². The Labute approximate surface area is 153 Å². The summed E-state index contributed by atoms with van der Waals surface area (Å²) in [5.74, 6) is 1.66. The molecule has 0 aromatic heterocycles. The van der Waals surface area contributed by atoms with Gasteiger partial charge in [-0.3, -0.25) is 9.59 Å². The standard InChI is InChI=1S/C21H24N2O3/c22-11-17-3-1-2-4-18(17)13-26-19(24)12-23-20(25)21-8-14-5-15(9-21)7-16(6-14)10-21/h1-4,14-16H,5-10,12-13H2,(H,23,25). The molecule has 1 amide bonds. The number of benzene rings is 1. The number of hydrogen-bond donors (Lipinski definition) is 1. The number of carbonyl (C=O) groups excluding carboxylic acids is 2. The molecule has 1 aromatic rings. The zero-order valence-electron chi connectivity index (χ0n) is 14.9. The van der Waals surface area contributed by atoms with Crippen molar-refractivity contribution < 1.29 is 14.3 Å². The molecular weight excluding hydrogens is 328 g/mol. The number of nitriles is 1. The van der Waals surface area contributed by atoms with E-state index in [1.54, 1.807) is 24.3 Å². The molecule has 5 rings (SSSR count). The molecule has 0 spiro atoms. The molecule has 5 nitrogen and oxygen atoms in total. The maximum atomic E-state index is 12.8. The molecule has 4 aliphatic rings. The lowest BCUT2D eigenvalue weighted by Gasteiger charge is -2.55. The lowest BCUT2D eigenvalue weighted by molar-refractivity contribution is -0.151. The largest absolute Gasteiger partial charge is 0.459 e. The predicted molar refractivity (Wildman–Crippen MR) is 94.6 cm³/mol. The van der Waals surface area contributed by atoms with Gasteiger partial charge in [0.05, 0.1) is 11.6 Å². The van der Waals surface area contributed by atoms with E-state index in [2.05, 4.69) is 11.4 Å². The highest BCUT2D eigenvalue weighted by Gasteiger charge is 2.54. The van der Waals surface area contributed by atoms with Crippen LogP contribution in [0.1, 0.15) is 49.7 Å². The fraction of sp³-hybridized carbons (Fsp3) is 0.571. The van der Waals surface area contributed by atoms with Crippen LogP contribution < -0.4 is 5.32 Å². The first kappa shape index (κ1) is 17.1. The highest BCUT2D eigenvalue weighted by atomic mass is 16.5. The van der Waals surface area contributed by atoms with Crippen molar-refractivity contribution in [3.05, 3.63) is 35.4 Å². The molecule has 0 unspecified atom stereocenters. The lowest BCUT2D eigenvalue weighted by Crippen LogP contribution is -2.54. The van der Waals surface area contributed by atoms with Crippen LogP contribution in [0.25, 0.3) is 0 Å². The Bertz CT molecular complexity index is 729. The van der Waals surface area contributed by atoms with Gasteiger partial charge in [0.1, 0.15) is 13.2 Å². The molecule has 4 bridgehead atoms. The van der Waals surface area contributed by atoms with Gasteiger partial charge in [-0.1, -0.05) is 18.2 Å². The molecule has 5 heteroatoms. The molecule has 0 saturated heterocycles. The van der Waals surface area contributed by atoms with Gasteiger partial charge in [0.15, 0.2) is 0 Å². The number of esters is 1. The van der Waals surface area contributed by atoms with E-state index in [1.807, 2.05) is 0 Å². The van der Waals surface area contributed by atoms with E-state index in [1.165, 1.54) is 19.3 Å². The van der Waals surface area contributed by atoms with Crippen molar-refractivity contribution in [1.29, 1.82) is 5.26 Å². The van der Waals surface area contributed by atoms with E-state index >= 15 is 0 Å². The van der Waals surface area contributed by atoms with E-state index in [4.69, 9.17) is 10.00 Å². The summed E-state index contributed by atoms with van der Waals surface area (Å²) in [7, 11) is 0. The first-order valence-electron chi connectivity index (χ1n) is 9.50. The topological polar surface area (TPSA) is 79.2 Å². The SMILES string of the molecule is N#Cc1ccccc1COC(=O)CNC(=O)C12CC3CC(CC(C3)C1)C2. The summed E-state index contributed by atoms with van der Waals surface area (Å²) >= 11 is 0. The average Bonchev–Trinajstić information content (AvgIpc) is 2.63. The molecule has 1 aromatic carbocycles. The van der Waals surface area contributed by atoms with Crippen LogP contribution in [0.2, 0.25) is 0 Å². The smallest absolute Gasteiger partial charge is 0.325 e. The maximum Gasteiger partial charge on any atom is 0.325 e. The summed E-state index contributed by atoms with van der Waals surface area (Å²) in [6.45, 7) is -0.0505. The summed E-state index contributed by atoms with van der Waals surface area (Å²) in [5.41, 5.74) is 0.927. The number of rotatable bonds is 5. The van der Waals surface area contributed by atoms with E-state index in [-0.39, 0.29) is 24.5 Å². The Morgan fingerprint density at radius 2 is 1.73 bits per heavy atom. The lowest BCUT2D eigenvalue weighted by atomic mass is 9.49. The number of ether oxygens (including phenoxy) is 1. The van der Waals surface area contributed by atoms with Crippen LogP contribution >= 0.6 is 0 Å². The van der Waals surface area contributed by atoms with Gasteiger partial charge in [0.2, 0.25) is 5.91 Å². The molecule has 26 heavy (non-hydrogen) atoms. The molecule has 0 heterocycles. The van der Waals surface area contributed by atoms with Gasteiger partial charge in [-0.25, -0.2) is 0 Å². The van der Waals surface area contributed by atoms with Crippen LogP contribution in [-0.2, 0) is 20.9 Å². The fourth-order valence-electron chi connectivity index (χ4n) is 5.69. The minimum Gasteiger partial charge on any atom is -0.459 e. The quantitative estimate of drug-likeness (QED) is 0.827. The zero-order chi connectivity index (χ0) is 18.1. The van der Waals surface area contributed by atoms with Crippen molar-refractivity contribution in [2.45, 2.75) is 45.1 Å². The fourth-order valence-corrected chi connectivity index (χ4v) is 5.69. The molecule has 136 valence electrons. The molecular formula is C21H24N2O3. The Hall–Kier alpha value is -2.35. The van der Waals surface area contributed by atoms with Crippen molar-refractivity contribution in [3.8, 4) is 6.07 Å². The van der Waals surface area contributed by atoms with E-state index in [9.17, 15) is 9.59 Å². The Morgan fingerprint density at radius 1 is 1.12 bits per heavy atom. The number of hydrogen-bond acceptors (Lipinski definition) is 4. The number of amides is 1. The summed E-state index contributed by atoms with van der Waals surface area (Å²) < 4.78 is 5.24. The monoisotopic (exact) mass is 352 g/mol. The summed E-state index contributed by atoms with van der Waals surface area (Å²) in [4.78, 5) is 24.8. The molecule has 4 saturated carbocycles. The van der Waals surface area contributed by atoms with Crippen molar-refractivity contribution in [2.24, 2.45) is 23.2 Å². The maximum absolute atomic E-state index is 12.8. The Morgan fingerprint density at radius 3 is 2.35 bits per heavy atom. The first-order chi connectivity index (χ1) is 12.6. The minimum atomic E-state index is -0.462. The summed E-state index contributed by atoms with van der Waals surface area (Å²) in [6.07, 6.45) is 6.80. The predicted octanol–water partition coefficient (Wildman–Crippen LogP) is 2.93. The van der Waals surface area contributed by atoms with Crippen molar-refractivity contribution >= 4 is 11.9 Å². The third kappa shape index (κ3) is 3.21. The molecule has 1 N–H and O–H groups in total. The van der Waals surface area contributed by atoms with Gasteiger partial charge >= 0.3 is 5.97 Å². The molecule has 0 radical (unpaired) electrons. The first-order valence-corrected chi connectivity index (χ1v) is 9.50. The molecule has 4 fully saturated rings. The van der Waals surface area contributed by atoms with Gasteiger partial charge in [-0.2, -0.15) is 5.26 Å². The van der Waals surface area contributed by atoms with E-state index < -0.39 is 5.97 Å². The molecule has 0 aliphatic heterocycles. The Balaban J connectivity index is 1.29. The second-order valence-corrected chi connectivity index (χ2v) is 8.31. The third-order valence-corrected chi connectivity index (χ3v) is 6.44. The highest BCUT2D eigenvalue weighted by Crippen LogP contribution is 2.60. The normalized spacial score (nSPS) is 31.3. The van der Waals surface area contributed by atoms with E-state index in [0.717, 1.165) is 19.3 Å². The second-order valence-electron chi connectivity index (χ2n) is 8.31. The van der Waals surface area contributed by atoms with Crippen molar-refractivity contribution in [1.82, 2.24) is 5.32 Å². The Kier molecular flexibility index (Phi) is 4.44. The summed E-state index contributed by atoms with van der Waals surface area (Å²) in [5, 5.41) is 11.9. The number of nitrogens with one attached hydrogen (secondary N) is 1. The van der Waals surface area contributed by atoms with Crippen molar-refractivity contribution in [2.75, 3.05) is 6.54 Å². The van der Waals surface area contributed by atoms with Crippen LogP contribution in [0.3, 0.4) is 0 Å². The van der Waals surface area contributed by atoms with Crippen molar-refractivity contribution in [3.63, 3.8) is 0 Å². The van der Waals surface area contributed by atoms with Crippen LogP contribution in [-0.4, -0.2) is 18.4 Å². The van der Waals surface area contributed by atoms with E-state index in [0.29, 0.717) is 28.9 Å². The molecule has 0 atom stereocenters. The number of carbonyl (C=O) groups is 2. The number of nitrogens with zero attached hydrogens (tertiary/aromatic N) is 1. The van der Waals surface area contributed by atoms with Gasteiger partial charge in [-0.15, -0.1) is 0 Å². The van der Waals surface area contributed by atoms with Gasteiger partial charge in [-0.05, 0) is 62.3 Å². The minimum absolute atomic E-state index is 0.0333. The third-order valence-electron chi connectivity index (χ3n) is 6.44. The van der Waals surface area contributed by atoms with Crippen LogP contribution in [0.15, 0.2) is 24.3 Å². The average molecular weight is 352 g/mol. The van der Waals surface area contributed by atoms with Crippen LogP contribution in [0.4, 0.5) is 0 Å². The van der Waals surface area contributed by atoms with Gasteiger partial charge in [0.25, 0.3) is 0 Å². The van der Waals surface area contributed by atoms with Crippen LogP contribution in [0, 0.1) is 34.5 Å².